The lowest BCUT2D eigenvalue weighted by atomic mass is 10.2. The number of aromatic carboxylic acids is 1. The van der Waals surface area contributed by atoms with E-state index in [1.54, 1.807) is 31.2 Å². The Balaban J connectivity index is 2.82. The van der Waals surface area contributed by atoms with Gasteiger partial charge in [-0.25, -0.2) is 4.79 Å². The molecule has 1 heterocycles. The Bertz CT molecular complexity index is 762. The average Bonchev–Trinajstić information content (AvgIpc) is 2.39. The summed E-state index contributed by atoms with van der Waals surface area (Å²) in [7, 11) is 0. The minimum atomic E-state index is -1.39. The van der Waals surface area contributed by atoms with Gasteiger partial charge in [0, 0.05) is 6.92 Å². The fourth-order valence-electron chi connectivity index (χ4n) is 1.78. The summed E-state index contributed by atoms with van der Waals surface area (Å²) in [6, 6.07) is 7.90. The number of carboxylic acids is 1. The fourth-order valence-corrected chi connectivity index (χ4v) is 1.78. The van der Waals surface area contributed by atoms with Gasteiger partial charge in [-0.15, -0.1) is 0 Å². The third kappa shape index (κ3) is 2.35. The van der Waals surface area contributed by atoms with Crippen molar-refractivity contribution in [2.45, 2.75) is 13.8 Å². The summed E-state index contributed by atoms with van der Waals surface area (Å²) in [5.74, 6) is -1.79. The van der Waals surface area contributed by atoms with Crippen LogP contribution in [0, 0.1) is 6.92 Å². The van der Waals surface area contributed by atoms with E-state index < -0.39 is 22.9 Å². The van der Waals surface area contributed by atoms with Crippen LogP contribution in [0.25, 0.3) is 5.69 Å². The highest BCUT2D eigenvalue weighted by molar-refractivity contribution is 5.95. The molecule has 0 aliphatic rings. The number of carboxylic acid groups (broad SMARTS) is 1. The molecular formula is C14H12N2O4. The van der Waals surface area contributed by atoms with Gasteiger partial charge < -0.3 is 5.11 Å². The van der Waals surface area contributed by atoms with Crippen LogP contribution in [0.1, 0.15) is 33.3 Å². The third-order valence-corrected chi connectivity index (χ3v) is 2.85. The molecule has 1 N–H and O–H groups in total. The Morgan fingerprint density at radius 1 is 1.25 bits per heavy atom. The third-order valence-electron chi connectivity index (χ3n) is 2.85. The maximum Gasteiger partial charge on any atom is 0.341 e. The second-order valence-corrected chi connectivity index (χ2v) is 4.31. The van der Waals surface area contributed by atoms with Gasteiger partial charge in [-0.2, -0.15) is 9.78 Å². The van der Waals surface area contributed by atoms with E-state index >= 15 is 0 Å². The van der Waals surface area contributed by atoms with E-state index in [9.17, 15) is 14.4 Å². The fraction of sp³-hybridized carbons (Fsp3) is 0.143. The molecule has 0 fully saturated rings. The zero-order valence-corrected chi connectivity index (χ0v) is 11.0. The van der Waals surface area contributed by atoms with E-state index in [0.29, 0.717) is 5.69 Å². The minimum Gasteiger partial charge on any atom is -0.477 e. The van der Waals surface area contributed by atoms with Crippen molar-refractivity contribution in [3.8, 4) is 5.69 Å². The highest BCUT2D eigenvalue weighted by Crippen LogP contribution is 2.11. The summed E-state index contributed by atoms with van der Waals surface area (Å²) in [4.78, 5) is 34.7. The molecule has 0 unspecified atom stereocenters. The summed E-state index contributed by atoms with van der Waals surface area (Å²) >= 11 is 0. The van der Waals surface area contributed by atoms with E-state index in [4.69, 9.17) is 5.11 Å². The summed E-state index contributed by atoms with van der Waals surface area (Å²) < 4.78 is 0.954. The first-order valence-corrected chi connectivity index (χ1v) is 5.86. The molecule has 0 amide bonds. The van der Waals surface area contributed by atoms with Crippen LogP contribution in [0.4, 0.5) is 0 Å². The Morgan fingerprint density at radius 3 is 2.45 bits per heavy atom. The van der Waals surface area contributed by atoms with Crippen molar-refractivity contribution >= 4 is 11.8 Å². The van der Waals surface area contributed by atoms with Crippen LogP contribution in [0.2, 0.25) is 0 Å². The SMILES string of the molecule is CC(=O)c1cc(C(=O)O)c(=O)n(-c2ccccc2C)n1. The van der Waals surface area contributed by atoms with Gasteiger partial charge in [-0.3, -0.25) is 9.59 Å². The van der Waals surface area contributed by atoms with Gasteiger partial charge in [0.1, 0.15) is 11.3 Å². The number of aromatic nitrogens is 2. The lowest BCUT2D eigenvalue weighted by molar-refractivity contribution is 0.0694. The first kappa shape index (κ1) is 13.7. The molecular weight excluding hydrogens is 260 g/mol. The maximum atomic E-state index is 12.1. The number of hydrogen-bond acceptors (Lipinski definition) is 4. The number of ketones is 1. The van der Waals surface area contributed by atoms with E-state index in [1.807, 2.05) is 0 Å². The van der Waals surface area contributed by atoms with Crippen molar-refractivity contribution in [3.63, 3.8) is 0 Å². The first-order chi connectivity index (χ1) is 9.41. The van der Waals surface area contributed by atoms with Gasteiger partial charge in [0.25, 0.3) is 5.56 Å². The number of hydrogen-bond donors (Lipinski definition) is 1. The largest absolute Gasteiger partial charge is 0.477 e. The second kappa shape index (κ2) is 5.08. The van der Waals surface area contributed by atoms with Crippen molar-refractivity contribution in [2.75, 3.05) is 0 Å². The summed E-state index contributed by atoms with van der Waals surface area (Å²) in [6.45, 7) is 3.03. The van der Waals surface area contributed by atoms with Gasteiger partial charge >= 0.3 is 5.97 Å². The number of Topliss-reactive ketones (excluding diaryl/α,β-unsaturated/α-hetero) is 1. The van der Waals surface area contributed by atoms with Crippen LogP contribution in [0.3, 0.4) is 0 Å². The Kier molecular flexibility index (Phi) is 3.47. The van der Waals surface area contributed by atoms with Crippen molar-refractivity contribution < 1.29 is 14.7 Å². The van der Waals surface area contributed by atoms with Gasteiger partial charge in [-0.1, -0.05) is 18.2 Å². The molecule has 2 aromatic rings. The van der Waals surface area contributed by atoms with Crippen LogP contribution in [-0.4, -0.2) is 26.6 Å². The lowest BCUT2D eigenvalue weighted by Gasteiger charge is -2.09. The second-order valence-electron chi connectivity index (χ2n) is 4.31. The molecule has 0 spiro atoms. The molecule has 0 bridgehead atoms. The van der Waals surface area contributed by atoms with E-state index in [1.165, 1.54) is 6.92 Å². The molecule has 0 radical (unpaired) electrons. The molecule has 2 rings (SSSR count). The maximum absolute atomic E-state index is 12.1. The normalized spacial score (nSPS) is 10.3. The minimum absolute atomic E-state index is 0.0646. The molecule has 0 saturated carbocycles. The molecule has 0 aliphatic heterocycles. The highest BCUT2D eigenvalue weighted by Gasteiger charge is 2.17. The first-order valence-electron chi connectivity index (χ1n) is 5.86. The number of nitrogens with zero attached hydrogens (tertiary/aromatic N) is 2. The predicted molar refractivity (Wildman–Crippen MR) is 71.5 cm³/mol. The monoisotopic (exact) mass is 272 g/mol. The van der Waals surface area contributed by atoms with Crippen LogP contribution in [0.5, 0.6) is 0 Å². The lowest BCUT2D eigenvalue weighted by Crippen LogP contribution is -2.29. The van der Waals surface area contributed by atoms with Crippen LogP contribution in [-0.2, 0) is 0 Å². The van der Waals surface area contributed by atoms with Crippen molar-refractivity contribution in [3.05, 3.63) is 57.5 Å². The molecule has 1 aromatic heterocycles. The number of benzene rings is 1. The molecule has 0 atom stereocenters. The van der Waals surface area contributed by atoms with Crippen molar-refractivity contribution in [1.82, 2.24) is 9.78 Å². The number of carbonyl (C=O) groups excluding carboxylic acids is 1. The van der Waals surface area contributed by atoms with Crippen molar-refractivity contribution in [1.29, 1.82) is 0 Å². The molecule has 6 heteroatoms. The molecule has 0 aliphatic carbocycles. The van der Waals surface area contributed by atoms with E-state index in [-0.39, 0.29) is 5.69 Å². The zero-order chi connectivity index (χ0) is 14.9. The molecule has 0 saturated heterocycles. The summed E-state index contributed by atoms with van der Waals surface area (Å²) in [5, 5.41) is 13.0. The Hall–Kier alpha value is -2.76. The Morgan fingerprint density at radius 2 is 1.90 bits per heavy atom. The standard InChI is InChI=1S/C14H12N2O4/c1-8-5-3-4-6-12(8)16-13(18)10(14(19)20)7-11(15-16)9(2)17/h3-7H,1-2H3,(H,19,20). The van der Waals surface area contributed by atoms with Gasteiger partial charge in [0.15, 0.2) is 5.78 Å². The summed E-state index contributed by atoms with van der Waals surface area (Å²) in [5.41, 5.74) is -0.113. The highest BCUT2D eigenvalue weighted by atomic mass is 16.4. The summed E-state index contributed by atoms with van der Waals surface area (Å²) in [6.07, 6.45) is 0. The van der Waals surface area contributed by atoms with Gasteiger partial charge in [0.2, 0.25) is 0 Å². The smallest absolute Gasteiger partial charge is 0.341 e. The van der Waals surface area contributed by atoms with Crippen LogP contribution >= 0.6 is 0 Å². The number of aryl methyl sites for hydroxylation is 1. The van der Waals surface area contributed by atoms with Gasteiger partial charge in [0.05, 0.1) is 5.69 Å². The average molecular weight is 272 g/mol. The number of para-hydroxylation sites is 1. The zero-order valence-electron chi connectivity index (χ0n) is 11.0. The van der Waals surface area contributed by atoms with E-state index in [2.05, 4.69) is 5.10 Å². The quantitative estimate of drug-likeness (QED) is 0.854. The molecule has 6 nitrogen and oxygen atoms in total. The van der Waals surface area contributed by atoms with Crippen LogP contribution in [0.15, 0.2) is 35.1 Å². The molecule has 1 aromatic carbocycles. The van der Waals surface area contributed by atoms with Crippen LogP contribution < -0.4 is 5.56 Å². The topological polar surface area (TPSA) is 89.3 Å². The van der Waals surface area contributed by atoms with E-state index in [0.717, 1.165) is 16.3 Å². The Labute approximate surface area is 114 Å². The number of rotatable bonds is 3. The number of carbonyl (C=O) groups is 2. The van der Waals surface area contributed by atoms with Crippen molar-refractivity contribution in [2.24, 2.45) is 0 Å². The van der Waals surface area contributed by atoms with Gasteiger partial charge in [-0.05, 0) is 24.6 Å². The molecule has 102 valence electrons. The predicted octanol–water partition coefficient (Wildman–Crippen LogP) is 1.44. The molecule has 20 heavy (non-hydrogen) atoms.